The molecule has 0 aromatic rings. The molecule has 1 unspecified atom stereocenters. The number of hydrogen-bond donors (Lipinski definition) is 1. The lowest BCUT2D eigenvalue weighted by molar-refractivity contribution is -0.148. The molecule has 20 heavy (non-hydrogen) atoms. The van der Waals surface area contributed by atoms with Crippen LogP contribution in [-0.2, 0) is 14.3 Å². The van der Waals surface area contributed by atoms with Crippen LogP contribution in [0.3, 0.4) is 0 Å². The Balaban J connectivity index is 2.40. The third-order valence-electron chi connectivity index (χ3n) is 3.89. The smallest absolute Gasteiger partial charge is 0.325 e. The first kappa shape index (κ1) is 17.4. The van der Waals surface area contributed by atoms with Crippen molar-refractivity contribution in [3.8, 4) is 0 Å². The summed E-state index contributed by atoms with van der Waals surface area (Å²) < 4.78 is 11.0. The molecule has 0 heterocycles. The first-order valence-electron chi connectivity index (χ1n) is 7.88. The van der Waals surface area contributed by atoms with Crippen LogP contribution in [0.5, 0.6) is 0 Å². The molecule has 0 radical (unpaired) electrons. The molecule has 1 atom stereocenters. The zero-order valence-corrected chi connectivity index (χ0v) is 13.7. The number of carbonyl (C=O) groups excluding carboxylic acids is 1. The second-order valence-corrected chi connectivity index (χ2v) is 6.82. The monoisotopic (exact) mass is 285 g/mol. The maximum absolute atomic E-state index is 11.9. The molecule has 1 fully saturated rings. The number of esters is 1. The van der Waals surface area contributed by atoms with Gasteiger partial charge in [-0.1, -0.05) is 27.7 Å². The van der Waals surface area contributed by atoms with Crippen LogP contribution < -0.4 is 5.32 Å². The average Bonchev–Trinajstić information content (AvgIpc) is 2.35. The van der Waals surface area contributed by atoms with E-state index in [9.17, 15) is 4.79 Å². The summed E-state index contributed by atoms with van der Waals surface area (Å²) >= 11 is 0. The van der Waals surface area contributed by atoms with Gasteiger partial charge in [0.2, 0.25) is 0 Å². The lowest BCUT2D eigenvalue weighted by Crippen LogP contribution is -2.46. The zero-order valence-electron chi connectivity index (χ0n) is 13.7. The van der Waals surface area contributed by atoms with E-state index in [0.29, 0.717) is 18.6 Å². The van der Waals surface area contributed by atoms with Crippen molar-refractivity contribution in [2.45, 2.75) is 78.5 Å². The predicted molar refractivity (Wildman–Crippen MR) is 80.7 cm³/mol. The molecule has 1 aliphatic rings. The Labute approximate surface area is 123 Å². The number of ether oxygens (including phenoxy) is 2. The SMILES string of the molecule is CCOC(=O)C(COC1CCC(C)(C)CC1)NC(C)C. The van der Waals surface area contributed by atoms with Crippen molar-refractivity contribution >= 4 is 5.97 Å². The summed E-state index contributed by atoms with van der Waals surface area (Å²) in [6, 6.07) is -0.122. The van der Waals surface area contributed by atoms with Crippen LogP contribution >= 0.6 is 0 Å². The summed E-state index contributed by atoms with van der Waals surface area (Å²) in [5.74, 6) is -0.211. The maximum Gasteiger partial charge on any atom is 0.325 e. The minimum absolute atomic E-state index is 0.211. The first-order chi connectivity index (χ1) is 9.34. The largest absolute Gasteiger partial charge is 0.465 e. The van der Waals surface area contributed by atoms with E-state index < -0.39 is 0 Å². The molecule has 1 saturated carbocycles. The van der Waals surface area contributed by atoms with Gasteiger partial charge in [-0.05, 0) is 38.0 Å². The number of nitrogens with one attached hydrogen (secondary N) is 1. The van der Waals surface area contributed by atoms with Crippen molar-refractivity contribution < 1.29 is 14.3 Å². The third kappa shape index (κ3) is 6.23. The van der Waals surface area contributed by atoms with Crippen LogP contribution in [0.4, 0.5) is 0 Å². The van der Waals surface area contributed by atoms with Crippen molar-refractivity contribution in [1.82, 2.24) is 5.32 Å². The van der Waals surface area contributed by atoms with E-state index in [2.05, 4.69) is 19.2 Å². The summed E-state index contributed by atoms with van der Waals surface area (Å²) in [4.78, 5) is 11.9. The molecule has 1 aliphatic carbocycles. The summed E-state index contributed by atoms with van der Waals surface area (Å²) in [6.07, 6.45) is 4.85. The first-order valence-corrected chi connectivity index (χ1v) is 7.88. The Kier molecular flexibility index (Phi) is 6.96. The van der Waals surface area contributed by atoms with Crippen LogP contribution in [0.15, 0.2) is 0 Å². The summed E-state index contributed by atoms with van der Waals surface area (Å²) in [7, 11) is 0. The molecule has 1 N–H and O–H groups in total. The predicted octanol–water partition coefficient (Wildman–Crippen LogP) is 2.90. The van der Waals surface area contributed by atoms with E-state index in [4.69, 9.17) is 9.47 Å². The Morgan fingerprint density at radius 1 is 1.30 bits per heavy atom. The van der Waals surface area contributed by atoms with E-state index in [0.717, 1.165) is 12.8 Å². The minimum atomic E-state index is -0.357. The van der Waals surface area contributed by atoms with Crippen LogP contribution in [0.1, 0.15) is 60.3 Å². The summed E-state index contributed by atoms with van der Waals surface area (Å²) in [5, 5.41) is 3.22. The Morgan fingerprint density at radius 2 is 1.90 bits per heavy atom. The van der Waals surface area contributed by atoms with Crippen LogP contribution in [0.25, 0.3) is 0 Å². The normalized spacial score (nSPS) is 20.9. The van der Waals surface area contributed by atoms with E-state index >= 15 is 0 Å². The molecule has 118 valence electrons. The van der Waals surface area contributed by atoms with Crippen LogP contribution in [0, 0.1) is 5.41 Å². The molecule has 1 rings (SSSR count). The molecule has 4 nitrogen and oxygen atoms in total. The Morgan fingerprint density at radius 3 is 2.40 bits per heavy atom. The van der Waals surface area contributed by atoms with E-state index in [1.807, 2.05) is 20.8 Å². The maximum atomic E-state index is 11.9. The average molecular weight is 285 g/mol. The van der Waals surface area contributed by atoms with Gasteiger partial charge in [-0.25, -0.2) is 0 Å². The highest BCUT2D eigenvalue weighted by Crippen LogP contribution is 2.36. The van der Waals surface area contributed by atoms with Crippen molar-refractivity contribution in [1.29, 1.82) is 0 Å². The number of rotatable bonds is 7. The zero-order chi connectivity index (χ0) is 15.2. The Hall–Kier alpha value is -0.610. The van der Waals surface area contributed by atoms with Crippen LogP contribution in [0.2, 0.25) is 0 Å². The van der Waals surface area contributed by atoms with Crippen molar-refractivity contribution in [3.05, 3.63) is 0 Å². The molecule has 4 heteroatoms. The van der Waals surface area contributed by atoms with Gasteiger partial charge in [0.25, 0.3) is 0 Å². The van der Waals surface area contributed by atoms with Gasteiger partial charge in [-0.2, -0.15) is 0 Å². The number of hydrogen-bond acceptors (Lipinski definition) is 4. The minimum Gasteiger partial charge on any atom is -0.465 e. The van der Waals surface area contributed by atoms with E-state index in [1.54, 1.807) is 0 Å². The van der Waals surface area contributed by atoms with Gasteiger partial charge in [0.15, 0.2) is 0 Å². The van der Waals surface area contributed by atoms with Gasteiger partial charge in [-0.15, -0.1) is 0 Å². The summed E-state index contributed by atoms with van der Waals surface area (Å²) in [6.45, 7) is 11.3. The van der Waals surface area contributed by atoms with E-state index in [-0.39, 0.29) is 24.2 Å². The molecular formula is C16H31NO3. The lowest BCUT2D eigenvalue weighted by Gasteiger charge is -2.34. The fourth-order valence-corrected chi connectivity index (χ4v) is 2.60. The van der Waals surface area contributed by atoms with Crippen molar-refractivity contribution in [2.75, 3.05) is 13.2 Å². The molecule has 0 aliphatic heterocycles. The highest BCUT2D eigenvalue weighted by molar-refractivity contribution is 5.75. The molecule has 0 bridgehead atoms. The molecule has 0 aromatic carbocycles. The van der Waals surface area contributed by atoms with Gasteiger partial charge >= 0.3 is 5.97 Å². The number of carbonyl (C=O) groups is 1. The van der Waals surface area contributed by atoms with E-state index in [1.165, 1.54) is 12.8 Å². The van der Waals surface area contributed by atoms with Gasteiger partial charge < -0.3 is 14.8 Å². The van der Waals surface area contributed by atoms with Gasteiger partial charge in [0, 0.05) is 6.04 Å². The topological polar surface area (TPSA) is 47.6 Å². The van der Waals surface area contributed by atoms with Crippen molar-refractivity contribution in [2.24, 2.45) is 5.41 Å². The molecule has 0 aromatic heterocycles. The standard InChI is InChI=1S/C16H31NO3/c1-6-19-15(18)14(17-12(2)3)11-20-13-7-9-16(4,5)10-8-13/h12-14,17H,6-11H2,1-5H3. The summed E-state index contributed by atoms with van der Waals surface area (Å²) in [5.41, 5.74) is 0.441. The molecule has 0 spiro atoms. The second-order valence-electron chi connectivity index (χ2n) is 6.82. The molecule has 0 saturated heterocycles. The quantitative estimate of drug-likeness (QED) is 0.731. The fourth-order valence-electron chi connectivity index (χ4n) is 2.60. The Bertz CT molecular complexity index is 292. The highest BCUT2D eigenvalue weighted by Gasteiger charge is 2.29. The fraction of sp³-hybridized carbons (Fsp3) is 0.938. The third-order valence-corrected chi connectivity index (χ3v) is 3.89. The lowest BCUT2D eigenvalue weighted by atomic mass is 9.76. The van der Waals surface area contributed by atoms with Gasteiger partial charge in [-0.3, -0.25) is 4.79 Å². The molecular weight excluding hydrogens is 254 g/mol. The second kappa shape index (κ2) is 7.99. The highest BCUT2D eigenvalue weighted by atomic mass is 16.5. The van der Waals surface area contributed by atoms with Crippen molar-refractivity contribution in [3.63, 3.8) is 0 Å². The van der Waals surface area contributed by atoms with Crippen LogP contribution in [-0.4, -0.2) is 37.4 Å². The van der Waals surface area contributed by atoms with Gasteiger partial charge in [0.1, 0.15) is 6.04 Å². The van der Waals surface area contributed by atoms with Gasteiger partial charge in [0.05, 0.1) is 19.3 Å². The molecule has 0 amide bonds.